The van der Waals surface area contributed by atoms with Gasteiger partial charge in [-0.1, -0.05) is 0 Å². The summed E-state index contributed by atoms with van der Waals surface area (Å²) in [7, 11) is 1.49. The molecule has 6 nitrogen and oxygen atoms in total. The van der Waals surface area contributed by atoms with E-state index >= 15 is 0 Å². The van der Waals surface area contributed by atoms with E-state index < -0.39 is 5.82 Å². The molecular weight excluding hydrogens is 299 g/mol. The summed E-state index contributed by atoms with van der Waals surface area (Å²) in [6.07, 6.45) is 3.10. The maximum atomic E-state index is 14.4. The molecule has 0 amide bonds. The number of hydrogen-bond acceptors (Lipinski definition) is 5. The summed E-state index contributed by atoms with van der Waals surface area (Å²) < 4.78 is 26.2. The van der Waals surface area contributed by atoms with Crippen molar-refractivity contribution in [1.29, 1.82) is 0 Å². The number of nitrogens with zero attached hydrogens (tertiary/aromatic N) is 4. The van der Waals surface area contributed by atoms with Crippen LogP contribution in [0.4, 0.5) is 4.39 Å². The third-order valence-electron chi connectivity index (χ3n) is 3.43. The van der Waals surface area contributed by atoms with Crippen LogP contribution in [0.2, 0.25) is 0 Å². The molecule has 4 rings (SSSR count). The minimum atomic E-state index is -0.410. The molecular formula is C16H11FN4O2. The average Bonchev–Trinajstić information content (AvgIpc) is 3.23. The maximum Gasteiger partial charge on any atom is 0.253 e. The van der Waals surface area contributed by atoms with Gasteiger partial charge in [0.05, 0.1) is 19.1 Å². The normalized spacial score (nSPS) is 11.0. The van der Waals surface area contributed by atoms with Crippen molar-refractivity contribution in [3.8, 4) is 28.6 Å². The lowest BCUT2D eigenvalue weighted by Crippen LogP contribution is -1.98. The van der Waals surface area contributed by atoms with Crippen LogP contribution in [0, 0.1) is 5.82 Å². The van der Waals surface area contributed by atoms with Crippen LogP contribution in [0.1, 0.15) is 0 Å². The highest BCUT2D eigenvalue weighted by molar-refractivity contribution is 5.64. The second-order valence-electron chi connectivity index (χ2n) is 4.80. The summed E-state index contributed by atoms with van der Waals surface area (Å²) in [5.41, 5.74) is 0.926. The lowest BCUT2D eigenvalue weighted by Gasteiger charge is -2.06. The Morgan fingerprint density at radius 1 is 1.22 bits per heavy atom. The Kier molecular flexibility index (Phi) is 3.04. The van der Waals surface area contributed by atoms with Crippen molar-refractivity contribution >= 4 is 5.78 Å². The van der Waals surface area contributed by atoms with Gasteiger partial charge < -0.3 is 9.15 Å². The lowest BCUT2D eigenvalue weighted by atomic mass is 10.1. The van der Waals surface area contributed by atoms with E-state index in [1.54, 1.807) is 42.8 Å². The highest BCUT2D eigenvalue weighted by Crippen LogP contribution is 2.27. The summed E-state index contributed by atoms with van der Waals surface area (Å²) in [6.45, 7) is 0. The smallest absolute Gasteiger partial charge is 0.253 e. The summed E-state index contributed by atoms with van der Waals surface area (Å²) in [5, 5.41) is 4.37. The molecule has 0 radical (unpaired) electrons. The quantitative estimate of drug-likeness (QED) is 0.581. The Labute approximate surface area is 130 Å². The molecule has 0 aliphatic heterocycles. The topological polar surface area (TPSA) is 65.5 Å². The molecule has 0 bridgehead atoms. The number of furan rings is 1. The van der Waals surface area contributed by atoms with Crippen molar-refractivity contribution in [2.75, 3.05) is 7.11 Å². The van der Waals surface area contributed by atoms with Gasteiger partial charge in [0, 0.05) is 17.8 Å². The number of methoxy groups -OCH3 is 1. The molecule has 1 aromatic carbocycles. The third kappa shape index (κ3) is 2.22. The SMILES string of the molecule is COc1ccc(-c2ccnc3nc(-c4ccco4)nn23)c(F)c1. The monoisotopic (exact) mass is 310 g/mol. The largest absolute Gasteiger partial charge is 0.497 e. The standard InChI is InChI=1S/C16H11FN4O2/c1-22-10-4-5-11(12(17)9-10)13-6-7-18-16-19-15(20-21(13)16)14-3-2-8-23-14/h2-9H,1H3. The van der Waals surface area contributed by atoms with Crippen LogP contribution < -0.4 is 4.74 Å². The molecule has 23 heavy (non-hydrogen) atoms. The van der Waals surface area contributed by atoms with Gasteiger partial charge in [0.1, 0.15) is 11.6 Å². The molecule has 0 saturated heterocycles. The minimum absolute atomic E-state index is 0.365. The van der Waals surface area contributed by atoms with E-state index in [1.165, 1.54) is 17.7 Å². The van der Waals surface area contributed by atoms with Gasteiger partial charge >= 0.3 is 0 Å². The van der Waals surface area contributed by atoms with Gasteiger partial charge in [-0.15, -0.1) is 5.10 Å². The fourth-order valence-electron chi connectivity index (χ4n) is 2.34. The van der Waals surface area contributed by atoms with Crippen LogP contribution in [-0.2, 0) is 0 Å². The van der Waals surface area contributed by atoms with E-state index in [9.17, 15) is 4.39 Å². The van der Waals surface area contributed by atoms with Gasteiger partial charge in [0.2, 0.25) is 5.82 Å². The number of fused-ring (bicyclic) bond motifs is 1. The summed E-state index contributed by atoms with van der Waals surface area (Å²) >= 11 is 0. The first kappa shape index (κ1) is 13.4. The molecule has 0 aliphatic rings. The summed E-state index contributed by atoms with van der Waals surface area (Å²) in [6, 6.07) is 9.83. The summed E-state index contributed by atoms with van der Waals surface area (Å²) in [5.74, 6) is 1.32. The zero-order chi connectivity index (χ0) is 15.8. The number of halogens is 1. The Bertz CT molecular complexity index is 979. The number of benzene rings is 1. The molecule has 0 saturated carbocycles. The zero-order valence-electron chi connectivity index (χ0n) is 12.1. The van der Waals surface area contributed by atoms with E-state index in [-0.39, 0.29) is 0 Å². The molecule has 3 heterocycles. The maximum absolute atomic E-state index is 14.4. The molecule has 3 aromatic heterocycles. The van der Waals surface area contributed by atoms with Crippen molar-refractivity contribution in [3.63, 3.8) is 0 Å². The van der Waals surface area contributed by atoms with Crippen molar-refractivity contribution in [2.24, 2.45) is 0 Å². The second-order valence-corrected chi connectivity index (χ2v) is 4.80. The van der Waals surface area contributed by atoms with Gasteiger partial charge in [-0.05, 0) is 30.3 Å². The van der Waals surface area contributed by atoms with Crippen LogP contribution in [0.5, 0.6) is 5.75 Å². The third-order valence-corrected chi connectivity index (χ3v) is 3.43. The van der Waals surface area contributed by atoms with E-state index in [1.807, 2.05) is 0 Å². The zero-order valence-corrected chi connectivity index (χ0v) is 12.1. The molecule has 0 atom stereocenters. The van der Waals surface area contributed by atoms with Gasteiger partial charge in [-0.25, -0.2) is 9.37 Å². The van der Waals surface area contributed by atoms with Crippen molar-refractivity contribution in [1.82, 2.24) is 19.6 Å². The van der Waals surface area contributed by atoms with Crippen LogP contribution >= 0.6 is 0 Å². The Morgan fingerprint density at radius 2 is 2.13 bits per heavy atom. The van der Waals surface area contributed by atoms with Gasteiger partial charge in [0.25, 0.3) is 5.78 Å². The Morgan fingerprint density at radius 3 is 2.87 bits per heavy atom. The lowest BCUT2D eigenvalue weighted by molar-refractivity contribution is 0.411. The second kappa shape index (κ2) is 5.20. The molecule has 0 N–H and O–H groups in total. The van der Waals surface area contributed by atoms with Crippen molar-refractivity contribution in [3.05, 3.63) is 54.7 Å². The number of ether oxygens (including phenoxy) is 1. The molecule has 0 fully saturated rings. The van der Waals surface area contributed by atoms with E-state index in [0.29, 0.717) is 34.4 Å². The first-order valence-corrected chi connectivity index (χ1v) is 6.86. The first-order chi connectivity index (χ1) is 11.3. The van der Waals surface area contributed by atoms with Crippen LogP contribution in [0.15, 0.2) is 53.3 Å². The minimum Gasteiger partial charge on any atom is -0.497 e. The van der Waals surface area contributed by atoms with Gasteiger partial charge in [0.15, 0.2) is 5.76 Å². The van der Waals surface area contributed by atoms with Gasteiger partial charge in [-0.3, -0.25) is 0 Å². The predicted molar refractivity (Wildman–Crippen MR) is 80.4 cm³/mol. The Hall–Kier alpha value is -3.22. The molecule has 0 aliphatic carbocycles. The molecule has 0 spiro atoms. The van der Waals surface area contributed by atoms with Crippen LogP contribution in [-0.4, -0.2) is 26.7 Å². The molecule has 4 aromatic rings. The van der Waals surface area contributed by atoms with Crippen LogP contribution in [0.25, 0.3) is 28.6 Å². The number of rotatable bonds is 3. The Balaban J connectivity index is 1.90. The molecule has 7 heteroatoms. The number of hydrogen-bond donors (Lipinski definition) is 0. The predicted octanol–water partition coefficient (Wildman–Crippen LogP) is 3.20. The van der Waals surface area contributed by atoms with E-state index in [4.69, 9.17) is 9.15 Å². The fraction of sp³-hybridized carbons (Fsp3) is 0.0625. The van der Waals surface area contributed by atoms with Crippen molar-refractivity contribution < 1.29 is 13.5 Å². The molecule has 0 unspecified atom stereocenters. The van der Waals surface area contributed by atoms with Crippen molar-refractivity contribution in [2.45, 2.75) is 0 Å². The van der Waals surface area contributed by atoms with E-state index in [2.05, 4.69) is 15.1 Å². The van der Waals surface area contributed by atoms with Gasteiger partial charge in [-0.2, -0.15) is 9.50 Å². The fourth-order valence-corrected chi connectivity index (χ4v) is 2.34. The molecule has 114 valence electrons. The summed E-state index contributed by atoms with van der Waals surface area (Å²) in [4.78, 5) is 8.47. The highest BCUT2D eigenvalue weighted by atomic mass is 19.1. The van der Waals surface area contributed by atoms with E-state index in [0.717, 1.165) is 0 Å². The highest BCUT2D eigenvalue weighted by Gasteiger charge is 2.15. The number of aromatic nitrogens is 4. The first-order valence-electron chi connectivity index (χ1n) is 6.86. The van der Waals surface area contributed by atoms with Crippen LogP contribution in [0.3, 0.4) is 0 Å². The average molecular weight is 310 g/mol.